The second-order valence-corrected chi connectivity index (χ2v) is 4.92. The van der Waals surface area contributed by atoms with Gasteiger partial charge in [0.15, 0.2) is 0 Å². The zero-order valence-corrected chi connectivity index (χ0v) is 12.5. The lowest BCUT2D eigenvalue weighted by Gasteiger charge is -2.17. The van der Waals surface area contributed by atoms with Gasteiger partial charge in [0.1, 0.15) is 0 Å². The minimum absolute atomic E-state index is 0.109. The van der Waals surface area contributed by atoms with Gasteiger partial charge in [0, 0.05) is 26.4 Å². The molecule has 0 aliphatic heterocycles. The summed E-state index contributed by atoms with van der Waals surface area (Å²) < 4.78 is 4.57. The Balaban J connectivity index is 2.31. The lowest BCUT2D eigenvalue weighted by Crippen LogP contribution is -2.28. The zero-order chi connectivity index (χ0) is 15.0. The van der Waals surface area contributed by atoms with Crippen molar-refractivity contribution in [1.29, 1.82) is 0 Å². The number of rotatable bonds is 7. The molecular weight excluding hydrogens is 254 g/mol. The molecule has 0 N–H and O–H groups in total. The van der Waals surface area contributed by atoms with Gasteiger partial charge in [-0.25, -0.2) is 0 Å². The molecule has 1 amide bonds. The average molecular weight is 277 g/mol. The predicted molar refractivity (Wildman–Crippen MR) is 78.4 cm³/mol. The molecule has 0 atom stereocenters. The summed E-state index contributed by atoms with van der Waals surface area (Å²) in [6.07, 6.45) is 2.25. The van der Waals surface area contributed by atoms with Crippen molar-refractivity contribution in [2.75, 3.05) is 20.7 Å². The number of hydrogen-bond acceptors (Lipinski definition) is 3. The molecule has 0 aromatic heterocycles. The van der Waals surface area contributed by atoms with E-state index in [9.17, 15) is 9.59 Å². The molecule has 1 rings (SSSR count). The molecule has 0 aliphatic rings. The summed E-state index contributed by atoms with van der Waals surface area (Å²) in [4.78, 5) is 24.7. The molecule has 0 unspecified atom stereocenters. The largest absolute Gasteiger partial charge is 0.469 e. The summed E-state index contributed by atoms with van der Waals surface area (Å²) in [5.74, 6) is -0.121. The number of amides is 1. The van der Waals surface area contributed by atoms with Crippen LogP contribution in [0.15, 0.2) is 24.3 Å². The van der Waals surface area contributed by atoms with E-state index in [0.717, 1.165) is 6.42 Å². The molecule has 0 saturated carbocycles. The summed E-state index contributed by atoms with van der Waals surface area (Å²) in [5, 5.41) is 0. The van der Waals surface area contributed by atoms with Gasteiger partial charge in [-0.3, -0.25) is 9.59 Å². The number of aryl methyl sites for hydroxylation is 2. The topological polar surface area (TPSA) is 46.6 Å². The van der Waals surface area contributed by atoms with Gasteiger partial charge in [0.05, 0.1) is 7.11 Å². The fraction of sp³-hybridized carbons (Fsp3) is 0.500. The standard InChI is InChI=1S/C16H23NO3/c1-13-7-4-5-8-14(13)10-11-15(18)17(2)12-6-9-16(19)20-3/h4-5,7-8H,6,9-12H2,1-3H3. The smallest absolute Gasteiger partial charge is 0.305 e. The summed E-state index contributed by atoms with van der Waals surface area (Å²) in [6.45, 7) is 2.64. The number of carbonyl (C=O) groups excluding carboxylic acids is 2. The number of benzene rings is 1. The van der Waals surface area contributed by atoms with Gasteiger partial charge in [0.25, 0.3) is 0 Å². The second kappa shape index (κ2) is 8.35. The molecule has 4 nitrogen and oxygen atoms in total. The van der Waals surface area contributed by atoms with Gasteiger partial charge in [-0.15, -0.1) is 0 Å². The fourth-order valence-electron chi connectivity index (χ4n) is 2.01. The van der Waals surface area contributed by atoms with Gasteiger partial charge in [-0.2, -0.15) is 0 Å². The van der Waals surface area contributed by atoms with Gasteiger partial charge >= 0.3 is 5.97 Å². The summed E-state index contributed by atoms with van der Waals surface area (Å²) in [5.41, 5.74) is 2.43. The third-order valence-electron chi connectivity index (χ3n) is 3.40. The zero-order valence-electron chi connectivity index (χ0n) is 12.5. The van der Waals surface area contributed by atoms with Crippen LogP contribution in [0.5, 0.6) is 0 Å². The van der Waals surface area contributed by atoms with E-state index in [2.05, 4.69) is 23.8 Å². The summed E-state index contributed by atoms with van der Waals surface area (Å²) in [6, 6.07) is 8.10. The van der Waals surface area contributed by atoms with Crippen molar-refractivity contribution in [3.8, 4) is 0 Å². The average Bonchev–Trinajstić information content (AvgIpc) is 2.45. The van der Waals surface area contributed by atoms with Crippen LogP contribution in [0.1, 0.15) is 30.4 Å². The Morgan fingerprint density at radius 3 is 2.55 bits per heavy atom. The van der Waals surface area contributed by atoms with Crippen molar-refractivity contribution in [3.05, 3.63) is 35.4 Å². The number of methoxy groups -OCH3 is 1. The van der Waals surface area contributed by atoms with E-state index in [-0.39, 0.29) is 11.9 Å². The van der Waals surface area contributed by atoms with E-state index in [1.165, 1.54) is 18.2 Å². The molecule has 0 heterocycles. The highest BCUT2D eigenvalue weighted by molar-refractivity contribution is 5.76. The number of nitrogens with zero attached hydrogens (tertiary/aromatic N) is 1. The molecule has 0 spiro atoms. The highest BCUT2D eigenvalue weighted by Gasteiger charge is 2.10. The van der Waals surface area contributed by atoms with Crippen LogP contribution in [0, 0.1) is 6.92 Å². The molecule has 4 heteroatoms. The Bertz CT molecular complexity index is 457. The Morgan fingerprint density at radius 1 is 1.20 bits per heavy atom. The third-order valence-corrected chi connectivity index (χ3v) is 3.40. The van der Waals surface area contributed by atoms with Crippen molar-refractivity contribution < 1.29 is 14.3 Å². The summed E-state index contributed by atoms with van der Waals surface area (Å²) in [7, 11) is 3.15. The third kappa shape index (κ3) is 5.43. The van der Waals surface area contributed by atoms with Crippen molar-refractivity contribution >= 4 is 11.9 Å². The molecule has 0 radical (unpaired) electrons. The minimum atomic E-state index is -0.231. The quantitative estimate of drug-likeness (QED) is 0.719. The van der Waals surface area contributed by atoms with Crippen LogP contribution in [0.4, 0.5) is 0 Å². The van der Waals surface area contributed by atoms with Gasteiger partial charge in [-0.1, -0.05) is 24.3 Å². The Hall–Kier alpha value is -1.84. The highest BCUT2D eigenvalue weighted by Crippen LogP contribution is 2.10. The lowest BCUT2D eigenvalue weighted by atomic mass is 10.0. The van der Waals surface area contributed by atoms with Crippen LogP contribution < -0.4 is 0 Å². The highest BCUT2D eigenvalue weighted by atomic mass is 16.5. The molecule has 1 aromatic rings. The first kappa shape index (κ1) is 16.2. The van der Waals surface area contributed by atoms with E-state index in [1.807, 2.05) is 12.1 Å². The minimum Gasteiger partial charge on any atom is -0.469 e. The SMILES string of the molecule is COC(=O)CCCN(C)C(=O)CCc1ccccc1C. The predicted octanol–water partition coefficient (Wildman–Crippen LogP) is 2.34. The summed E-state index contributed by atoms with van der Waals surface area (Å²) >= 11 is 0. The molecule has 0 fully saturated rings. The first-order valence-corrected chi connectivity index (χ1v) is 6.90. The van der Waals surface area contributed by atoms with Crippen LogP contribution in [0.2, 0.25) is 0 Å². The van der Waals surface area contributed by atoms with Crippen molar-refractivity contribution in [1.82, 2.24) is 4.90 Å². The lowest BCUT2D eigenvalue weighted by molar-refractivity contribution is -0.141. The first-order chi connectivity index (χ1) is 9.54. The van der Waals surface area contributed by atoms with E-state index in [4.69, 9.17) is 0 Å². The van der Waals surface area contributed by atoms with Crippen molar-refractivity contribution in [3.63, 3.8) is 0 Å². The molecule has 0 aliphatic carbocycles. The number of ether oxygens (including phenoxy) is 1. The Kier molecular flexibility index (Phi) is 6.77. The van der Waals surface area contributed by atoms with Gasteiger partial charge < -0.3 is 9.64 Å². The Labute approximate surface area is 120 Å². The fourth-order valence-corrected chi connectivity index (χ4v) is 2.01. The first-order valence-electron chi connectivity index (χ1n) is 6.90. The molecule has 0 saturated heterocycles. The van der Waals surface area contributed by atoms with E-state index in [0.29, 0.717) is 25.8 Å². The molecule has 20 heavy (non-hydrogen) atoms. The monoisotopic (exact) mass is 277 g/mol. The van der Waals surface area contributed by atoms with Gasteiger partial charge in [0.2, 0.25) is 5.91 Å². The maximum Gasteiger partial charge on any atom is 0.305 e. The molecule has 110 valence electrons. The van der Waals surface area contributed by atoms with Crippen LogP contribution in [-0.2, 0) is 20.7 Å². The number of esters is 1. The normalized spacial score (nSPS) is 10.2. The number of carbonyl (C=O) groups is 2. The van der Waals surface area contributed by atoms with Crippen molar-refractivity contribution in [2.45, 2.75) is 32.6 Å². The Morgan fingerprint density at radius 2 is 1.90 bits per heavy atom. The molecule has 0 bridgehead atoms. The second-order valence-electron chi connectivity index (χ2n) is 4.92. The number of hydrogen-bond donors (Lipinski definition) is 0. The van der Waals surface area contributed by atoms with E-state index >= 15 is 0 Å². The van der Waals surface area contributed by atoms with E-state index < -0.39 is 0 Å². The van der Waals surface area contributed by atoms with Gasteiger partial charge in [-0.05, 0) is 30.9 Å². The van der Waals surface area contributed by atoms with Crippen molar-refractivity contribution in [2.24, 2.45) is 0 Å². The maximum atomic E-state index is 12.0. The van der Waals surface area contributed by atoms with Crippen LogP contribution in [0.3, 0.4) is 0 Å². The van der Waals surface area contributed by atoms with Crippen LogP contribution in [-0.4, -0.2) is 37.5 Å². The molecule has 1 aromatic carbocycles. The van der Waals surface area contributed by atoms with Crippen LogP contribution >= 0.6 is 0 Å². The van der Waals surface area contributed by atoms with E-state index in [1.54, 1.807) is 11.9 Å². The van der Waals surface area contributed by atoms with Crippen LogP contribution in [0.25, 0.3) is 0 Å². The maximum absolute atomic E-state index is 12.0. The molecular formula is C16H23NO3.